The molecular formula is C23H32N6O4. The molecule has 0 saturated carbocycles. The lowest BCUT2D eigenvalue weighted by atomic mass is 10.0. The molecule has 1 aromatic carbocycles. The Morgan fingerprint density at radius 1 is 1.24 bits per heavy atom. The Kier molecular flexibility index (Phi) is 8.29. The normalized spacial score (nSPS) is 12.4. The fourth-order valence-electron chi connectivity index (χ4n) is 3.97. The monoisotopic (exact) mass is 456 g/mol. The Hall–Kier alpha value is -3.11. The number of aliphatic hydroxyl groups excluding tert-OH is 1. The number of benzene rings is 1. The molecule has 2 heterocycles. The summed E-state index contributed by atoms with van der Waals surface area (Å²) in [7, 11) is 0. The van der Waals surface area contributed by atoms with Crippen molar-refractivity contribution in [1.29, 1.82) is 0 Å². The molecule has 0 unspecified atom stereocenters. The maximum Gasteiger partial charge on any atom is 0.327 e. The molecule has 0 spiro atoms. The number of hydrogen-bond donors (Lipinski definition) is 2. The fraction of sp³-hybridized carbons (Fsp3) is 0.522. The first-order valence-corrected chi connectivity index (χ1v) is 11.3. The molecule has 0 radical (unpaired) electrons. The van der Waals surface area contributed by atoms with Crippen LogP contribution in [0.25, 0.3) is 10.9 Å². The topological polar surface area (TPSA) is 126 Å². The largest absolute Gasteiger partial charge is 0.465 e. The van der Waals surface area contributed by atoms with Gasteiger partial charge in [-0.15, -0.1) is 5.10 Å². The van der Waals surface area contributed by atoms with E-state index in [1.165, 1.54) is 4.68 Å². The molecule has 0 bridgehead atoms. The number of esters is 1. The van der Waals surface area contributed by atoms with E-state index >= 15 is 0 Å². The number of ether oxygens (including phenoxy) is 1. The number of tetrazole rings is 1. The van der Waals surface area contributed by atoms with E-state index < -0.39 is 5.97 Å². The Balaban J connectivity index is 1.94. The van der Waals surface area contributed by atoms with Crippen LogP contribution < -0.4 is 5.56 Å². The Morgan fingerprint density at radius 3 is 2.70 bits per heavy atom. The molecule has 33 heavy (non-hydrogen) atoms. The van der Waals surface area contributed by atoms with Crippen LogP contribution in [0.2, 0.25) is 0 Å². The van der Waals surface area contributed by atoms with Crippen LogP contribution in [0.5, 0.6) is 0 Å². The van der Waals surface area contributed by atoms with Gasteiger partial charge in [-0.1, -0.05) is 6.92 Å². The number of rotatable bonds is 11. The molecule has 10 heteroatoms. The van der Waals surface area contributed by atoms with Crippen LogP contribution in [0.3, 0.4) is 0 Å². The third kappa shape index (κ3) is 5.82. The van der Waals surface area contributed by atoms with Crippen molar-refractivity contribution in [2.75, 3.05) is 19.8 Å². The van der Waals surface area contributed by atoms with E-state index in [1.807, 2.05) is 32.9 Å². The summed E-state index contributed by atoms with van der Waals surface area (Å²) in [4.78, 5) is 29.9. The quantitative estimate of drug-likeness (QED) is 0.420. The first-order valence-electron chi connectivity index (χ1n) is 11.3. The van der Waals surface area contributed by atoms with Crippen LogP contribution >= 0.6 is 0 Å². The van der Waals surface area contributed by atoms with Crippen molar-refractivity contribution >= 4 is 16.9 Å². The van der Waals surface area contributed by atoms with Crippen molar-refractivity contribution in [3.8, 4) is 0 Å². The number of hydrogen-bond acceptors (Lipinski definition) is 8. The van der Waals surface area contributed by atoms with E-state index in [0.717, 1.165) is 22.0 Å². The molecule has 0 aliphatic carbocycles. The number of aromatic amines is 1. The maximum absolute atomic E-state index is 12.9. The molecule has 0 saturated heterocycles. The van der Waals surface area contributed by atoms with E-state index in [0.29, 0.717) is 37.3 Å². The zero-order valence-corrected chi connectivity index (χ0v) is 19.7. The van der Waals surface area contributed by atoms with Crippen LogP contribution in [0, 0.1) is 13.8 Å². The standard InChI is InChI=1S/C23H32N6O4/c1-5-20(22-25-26-27-29(22)14-21(31)33-6-2)28(8-7-9-30)13-18-12-17-10-15(3)16(4)11-19(17)24-23(18)32/h10-12,20,30H,5-9,13-14H2,1-4H3,(H,24,32)/t20-/m1/s1. The number of nitrogens with zero attached hydrogens (tertiary/aromatic N) is 5. The van der Waals surface area contributed by atoms with Gasteiger partial charge >= 0.3 is 5.97 Å². The molecule has 2 aromatic heterocycles. The fourth-order valence-corrected chi connectivity index (χ4v) is 3.97. The van der Waals surface area contributed by atoms with Crippen LogP contribution in [0.15, 0.2) is 23.0 Å². The van der Waals surface area contributed by atoms with Gasteiger partial charge in [0.15, 0.2) is 5.82 Å². The average molecular weight is 457 g/mol. The summed E-state index contributed by atoms with van der Waals surface area (Å²) < 4.78 is 6.47. The average Bonchev–Trinajstić information content (AvgIpc) is 3.22. The molecule has 1 atom stereocenters. The second-order valence-electron chi connectivity index (χ2n) is 8.12. The lowest BCUT2D eigenvalue weighted by Gasteiger charge is -2.30. The van der Waals surface area contributed by atoms with Gasteiger partial charge in [0.05, 0.1) is 12.6 Å². The second-order valence-corrected chi connectivity index (χ2v) is 8.12. The highest BCUT2D eigenvalue weighted by Crippen LogP contribution is 2.25. The predicted molar refractivity (Wildman–Crippen MR) is 124 cm³/mol. The van der Waals surface area contributed by atoms with Gasteiger partial charge < -0.3 is 14.8 Å². The Bertz CT molecular complexity index is 1160. The van der Waals surface area contributed by atoms with Gasteiger partial charge in [-0.3, -0.25) is 14.5 Å². The van der Waals surface area contributed by atoms with Crippen LogP contribution in [0.4, 0.5) is 0 Å². The Labute approximate surface area is 192 Å². The molecule has 0 amide bonds. The highest BCUT2D eigenvalue weighted by molar-refractivity contribution is 5.80. The number of fused-ring (bicyclic) bond motifs is 1. The second kappa shape index (κ2) is 11.2. The minimum Gasteiger partial charge on any atom is -0.465 e. The van der Waals surface area contributed by atoms with Crippen molar-refractivity contribution in [1.82, 2.24) is 30.1 Å². The van der Waals surface area contributed by atoms with Crippen molar-refractivity contribution in [3.05, 3.63) is 51.1 Å². The molecule has 0 aliphatic heterocycles. The molecule has 2 N–H and O–H groups in total. The highest BCUT2D eigenvalue weighted by Gasteiger charge is 2.26. The molecule has 0 fully saturated rings. The number of carbonyl (C=O) groups is 1. The number of aryl methyl sites for hydroxylation is 2. The SMILES string of the molecule is CCOC(=O)Cn1nnnc1[C@@H](CC)N(CCCO)Cc1cc2cc(C)c(C)cc2[nH]c1=O. The van der Waals surface area contributed by atoms with Crippen molar-refractivity contribution < 1.29 is 14.6 Å². The summed E-state index contributed by atoms with van der Waals surface area (Å²) in [5, 5.41) is 22.3. The summed E-state index contributed by atoms with van der Waals surface area (Å²) in [6.45, 7) is 8.90. The zero-order valence-electron chi connectivity index (χ0n) is 19.7. The minimum absolute atomic E-state index is 0.0211. The predicted octanol–water partition coefficient (Wildman–Crippen LogP) is 2.03. The number of H-pyrrole nitrogens is 1. The van der Waals surface area contributed by atoms with Gasteiger partial charge in [0.25, 0.3) is 5.56 Å². The molecule has 3 rings (SSSR count). The zero-order chi connectivity index (χ0) is 24.0. The van der Waals surface area contributed by atoms with Crippen LogP contribution in [-0.2, 0) is 22.6 Å². The molecule has 10 nitrogen and oxygen atoms in total. The van der Waals surface area contributed by atoms with Gasteiger partial charge in [0, 0.05) is 30.8 Å². The van der Waals surface area contributed by atoms with E-state index in [9.17, 15) is 14.7 Å². The Morgan fingerprint density at radius 2 is 2.00 bits per heavy atom. The van der Waals surface area contributed by atoms with E-state index in [1.54, 1.807) is 6.92 Å². The summed E-state index contributed by atoms with van der Waals surface area (Å²) in [5.41, 5.74) is 3.55. The van der Waals surface area contributed by atoms with Crippen LogP contribution in [-0.4, -0.2) is 60.9 Å². The van der Waals surface area contributed by atoms with E-state index in [-0.39, 0.29) is 31.4 Å². The van der Waals surface area contributed by atoms with Crippen molar-refractivity contribution in [3.63, 3.8) is 0 Å². The van der Waals surface area contributed by atoms with Gasteiger partial charge in [-0.2, -0.15) is 0 Å². The van der Waals surface area contributed by atoms with Crippen molar-refractivity contribution in [2.24, 2.45) is 0 Å². The number of aliphatic hydroxyl groups is 1. The molecule has 178 valence electrons. The number of pyridine rings is 1. The minimum atomic E-state index is -0.417. The first kappa shape index (κ1) is 24.5. The smallest absolute Gasteiger partial charge is 0.327 e. The lowest BCUT2D eigenvalue weighted by molar-refractivity contribution is -0.144. The summed E-state index contributed by atoms with van der Waals surface area (Å²) in [5.74, 6) is 0.103. The lowest BCUT2D eigenvalue weighted by Crippen LogP contribution is -2.34. The first-order chi connectivity index (χ1) is 15.9. The molecular weight excluding hydrogens is 424 g/mol. The summed E-state index contributed by atoms with van der Waals surface area (Å²) in [6, 6.07) is 5.72. The van der Waals surface area contributed by atoms with E-state index in [4.69, 9.17) is 4.74 Å². The summed E-state index contributed by atoms with van der Waals surface area (Å²) in [6.07, 6.45) is 1.18. The van der Waals surface area contributed by atoms with Crippen molar-refractivity contribution in [2.45, 2.75) is 59.7 Å². The number of carbonyl (C=O) groups excluding carboxylic acids is 1. The third-order valence-electron chi connectivity index (χ3n) is 5.78. The van der Waals surface area contributed by atoms with Gasteiger partial charge in [-0.25, -0.2) is 4.68 Å². The van der Waals surface area contributed by atoms with E-state index in [2.05, 4.69) is 31.5 Å². The number of nitrogens with one attached hydrogen (secondary N) is 1. The van der Waals surface area contributed by atoms with Gasteiger partial charge in [0.2, 0.25) is 0 Å². The summed E-state index contributed by atoms with van der Waals surface area (Å²) >= 11 is 0. The van der Waals surface area contributed by atoms with Gasteiger partial charge in [-0.05, 0) is 78.8 Å². The third-order valence-corrected chi connectivity index (χ3v) is 5.78. The maximum atomic E-state index is 12.9. The van der Waals surface area contributed by atoms with Crippen LogP contribution in [0.1, 0.15) is 55.2 Å². The number of aromatic nitrogens is 5. The molecule has 0 aliphatic rings. The van der Waals surface area contributed by atoms with Gasteiger partial charge in [0.1, 0.15) is 6.54 Å². The molecule has 3 aromatic rings. The highest BCUT2D eigenvalue weighted by atomic mass is 16.5.